The van der Waals surface area contributed by atoms with Gasteiger partial charge in [0, 0.05) is 17.6 Å². The molecular weight excluding hydrogens is 351 g/mol. The van der Waals surface area contributed by atoms with Crippen LogP contribution in [-0.2, 0) is 12.7 Å². The zero-order chi connectivity index (χ0) is 16.6. The van der Waals surface area contributed by atoms with Crippen molar-refractivity contribution in [2.45, 2.75) is 12.7 Å². The molecule has 120 valence electrons. The molecule has 2 heterocycles. The standard InChI is InChI=1S/C14H9ClF3N3OS/c15-10-5-8(14(16,17)18)1-2-11(10)19-7-9-6-12(22)21-3-4-23-13(21)20-9/h1-6,19H,7H2. The average molecular weight is 360 g/mol. The first-order chi connectivity index (χ1) is 10.8. The molecule has 0 spiro atoms. The molecule has 4 nitrogen and oxygen atoms in total. The Morgan fingerprint density at radius 3 is 2.78 bits per heavy atom. The van der Waals surface area contributed by atoms with Gasteiger partial charge >= 0.3 is 6.18 Å². The molecule has 1 aromatic carbocycles. The number of hydrogen-bond acceptors (Lipinski definition) is 4. The molecule has 0 aliphatic rings. The Morgan fingerprint density at radius 1 is 1.30 bits per heavy atom. The van der Waals surface area contributed by atoms with E-state index in [1.807, 2.05) is 0 Å². The summed E-state index contributed by atoms with van der Waals surface area (Å²) in [6, 6.07) is 4.42. The third kappa shape index (κ3) is 3.32. The van der Waals surface area contributed by atoms with E-state index in [9.17, 15) is 18.0 Å². The third-order valence-electron chi connectivity index (χ3n) is 3.11. The fraction of sp³-hybridized carbons (Fsp3) is 0.143. The van der Waals surface area contributed by atoms with Gasteiger partial charge in [-0.1, -0.05) is 11.6 Å². The van der Waals surface area contributed by atoms with Crippen LogP contribution in [0.2, 0.25) is 5.02 Å². The number of alkyl halides is 3. The molecule has 1 N–H and O–H groups in total. The first-order valence-corrected chi connectivity index (χ1v) is 7.67. The molecule has 23 heavy (non-hydrogen) atoms. The van der Waals surface area contributed by atoms with Crippen LogP contribution in [0.15, 0.2) is 40.6 Å². The zero-order valence-corrected chi connectivity index (χ0v) is 13.0. The monoisotopic (exact) mass is 359 g/mol. The SMILES string of the molecule is O=c1cc(CNc2ccc(C(F)(F)F)cc2Cl)nc2sccn12. The Balaban J connectivity index is 1.81. The summed E-state index contributed by atoms with van der Waals surface area (Å²) in [5.74, 6) is 0. The van der Waals surface area contributed by atoms with Crippen LogP contribution in [0.4, 0.5) is 18.9 Å². The molecule has 0 bridgehead atoms. The second kappa shape index (κ2) is 5.86. The van der Waals surface area contributed by atoms with E-state index < -0.39 is 11.7 Å². The van der Waals surface area contributed by atoms with E-state index in [1.54, 1.807) is 11.6 Å². The minimum atomic E-state index is -4.44. The molecular formula is C14H9ClF3N3OS. The van der Waals surface area contributed by atoms with E-state index in [0.29, 0.717) is 16.3 Å². The second-order valence-electron chi connectivity index (χ2n) is 4.69. The Hall–Kier alpha value is -2.06. The highest BCUT2D eigenvalue weighted by atomic mass is 35.5. The molecule has 9 heteroatoms. The summed E-state index contributed by atoms with van der Waals surface area (Å²) >= 11 is 7.18. The van der Waals surface area contributed by atoms with Gasteiger partial charge in [0.15, 0.2) is 4.96 Å². The maximum absolute atomic E-state index is 12.6. The molecule has 0 atom stereocenters. The first-order valence-electron chi connectivity index (χ1n) is 6.41. The summed E-state index contributed by atoms with van der Waals surface area (Å²) in [6.07, 6.45) is -2.82. The number of anilines is 1. The van der Waals surface area contributed by atoms with Gasteiger partial charge < -0.3 is 5.32 Å². The highest BCUT2D eigenvalue weighted by Gasteiger charge is 2.30. The van der Waals surface area contributed by atoms with Crippen molar-refractivity contribution in [3.8, 4) is 0 Å². The molecule has 0 fully saturated rings. The van der Waals surface area contributed by atoms with Gasteiger partial charge in [0.2, 0.25) is 0 Å². The Morgan fingerprint density at radius 2 is 2.09 bits per heavy atom. The van der Waals surface area contributed by atoms with Crippen LogP contribution in [0.5, 0.6) is 0 Å². The van der Waals surface area contributed by atoms with Crippen molar-refractivity contribution < 1.29 is 13.2 Å². The van der Waals surface area contributed by atoms with Crippen LogP contribution >= 0.6 is 22.9 Å². The van der Waals surface area contributed by atoms with Gasteiger partial charge in [-0.2, -0.15) is 13.2 Å². The predicted octanol–water partition coefficient (Wildman–Crippen LogP) is 4.04. The quantitative estimate of drug-likeness (QED) is 0.767. The molecule has 3 rings (SSSR count). The summed E-state index contributed by atoms with van der Waals surface area (Å²) in [4.78, 5) is 16.7. The number of rotatable bonds is 3. The lowest BCUT2D eigenvalue weighted by Crippen LogP contribution is -2.14. The number of hydrogen-bond donors (Lipinski definition) is 1. The molecule has 3 aromatic rings. The lowest BCUT2D eigenvalue weighted by Gasteiger charge is -2.11. The van der Waals surface area contributed by atoms with Gasteiger partial charge in [-0.25, -0.2) is 4.98 Å². The Kier molecular flexibility index (Phi) is 4.03. The van der Waals surface area contributed by atoms with E-state index in [0.717, 1.165) is 12.1 Å². The fourth-order valence-corrected chi connectivity index (χ4v) is 2.98. The van der Waals surface area contributed by atoms with Crippen molar-refractivity contribution in [2.24, 2.45) is 0 Å². The molecule has 0 radical (unpaired) electrons. The van der Waals surface area contributed by atoms with Gasteiger partial charge in [0.05, 0.1) is 28.5 Å². The van der Waals surface area contributed by atoms with Crippen LogP contribution in [-0.4, -0.2) is 9.38 Å². The van der Waals surface area contributed by atoms with E-state index in [2.05, 4.69) is 10.3 Å². The summed E-state index contributed by atoms with van der Waals surface area (Å²) in [5.41, 5.74) is -0.211. The smallest absolute Gasteiger partial charge is 0.378 e. The molecule has 2 aromatic heterocycles. The maximum atomic E-state index is 12.6. The number of aromatic nitrogens is 2. The lowest BCUT2D eigenvalue weighted by atomic mass is 10.2. The highest BCUT2D eigenvalue weighted by molar-refractivity contribution is 7.15. The number of nitrogens with one attached hydrogen (secondary N) is 1. The second-order valence-corrected chi connectivity index (χ2v) is 5.97. The summed E-state index contributed by atoms with van der Waals surface area (Å²) in [5, 5.41) is 4.58. The summed E-state index contributed by atoms with van der Waals surface area (Å²) in [6.45, 7) is 0.175. The van der Waals surface area contributed by atoms with E-state index in [4.69, 9.17) is 11.6 Å². The Bertz CT molecular complexity index is 920. The van der Waals surface area contributed by atoms with E-state index in [-0.39, 0.29) is 17.1 Å². The molecule has 0 aliphatic carbocycles. The van der Waals surface area contributed by atoms with Crippen LogP contribution in [0.3, 0.4) is 0 Å². The minimum Gasteiger partial charge on any atom is -0.378 e. The fourth-order valence-electron chi connectivity index (χ4n) is 2.00. The number of benzene rings is 1. The van der Waals surface area contributed by atoms with Crippen molar-refractivity contribution in [1.82, 2.24) is 9.38 Å². The predicted molar refractivity (Wildman–Crippen MR) is 83.1 cm³/mol. The third-order valence-corrected chi connectivity index (χ3v) is 4.18. The summed E-state index contributed by atoms with van der Waals surface area (Å²) in [7, 11) is 0. The van der Waals surface area contributed by atoms with Crippen molar-refractivity contribution >= 4 is 33.6 Å². The molecule has 0 unspecified atom stereocenters. The van der Waals surface area contributed by atoms with Crippen molar-refractivity contribution in [2.75, 3.05) is 5.32 Å². The van der Waals surface area contributed by atoms with E-state index in [1.165, 1.54) is 27.9 Å². The molecule has 0 saturated carbocycles. The van der Waals surface area contributed by atoms with Gasteiger partial charge in [0.1, 0.15) is 0 Å². The minimum absolute atomic E-state index is 0.0475. The zero-order valence-electron chi connectivity index (χ0n) is 11.4. The number of halogens is 4. The number of nitrogens with zero attached hydrogens (tertiary/aromatic N) is 2. The van der Waals surface area contributed by atoms with Gasteiger partial charge in [-0.15, -0.1) is 11.3 Å². The van der Waals surface area contributed by atoms with Crippen molar-refractivity contribution in [3.05, 3.63) is 62.5 Å². The summed E-state index contributed by atoms with van der Waals surface area (Å²) < 4.78 is 39.2. The Labute approximate surface area is 137 Å². The van der Waals surface area contributed by atoms with Crippen LogP contribution < -0.4 is 10.9 Å². The molecule has 0 amide bonds. The van der Waals surface area contributed by atoms with Crippen LogP contribution in [0.25, 0.3) is 4.96 Å². The lowest BCUT2D eigenvalue weighted by molar-refractivity contribution is -0.137. The van der Waals surface area contributed by atoms with Gasteiger partial charge in [-0.3, -0.25) is 9.20 Å². The first kappa shape index (κ1) is 15.8. The van der Waals surface area contributed by atoms with Crippen LogP contribution in [0, 0.1) is 0 Å². The van der Waals surface area contributed by atoms with Gasteiger partial charge in [0.25, 0.3) is 5.56 Å². The van der Waals surface area contributed by atoms with Crippen molar-refractivity contribution in [1.29, 1.82) is 0 Å². The topological polar surface area (TPSA) is 46.4 Å². The largest absolute Gasteiger partial charge is 0.416 e. The van der Waals surface area contributed by atoms with Gasteiger partial charge in [-0.05, 0) is 18.2 Å². The molecule has 0 aliphatic heterocycles. The van der Waals surface area contributed by atoms with E-state index >= 15 is 0 Å². The molecule has 0 saturated heterocycles. The van der Waals surface area contributed by atoms with Crippen molar-refractivity contribution in [3.63, 3.8) is 0 Å². The number of fused-ring (bicyclic) bond motifs is 1. The maximum Gasteiger partial charge on any atom is 0.416 e. The highest BCUT2D eigenvalue weighted by Crippen LogP contribution is 2.33. The van der Waals surface area contributed by atoms with Crippen LogP contribution in [0.1, 0.15) is 11.3 Å². The normalized spacial score (nSPS) is 11.8. The average Bonchev–Trinajstić information content (AvgIpc) is 2.94. The number of thiazole rings is 1.